The van der Waals surface area contributed by atoms with Gasteiger partial charge in [0.15, 0.2) is 0 Å². The maximum Gasteiger partial charge on any atom is 0.261 e. The SMILES string of the molecule is COc1ccc(NC(=O)c2cnn(C)c2NC(=O)c2ccccc2)cc1. The summed E-state index contributed by atoms with van der Waals surface area (Å²) in [6.45, 7) is 0. The lowest BCUT2D eigenvalue weighted by molar-refractivity contribution is 0.102. The van der Waals surface area contributed by atoms with Gasteiger partial charge in [-0.05, 0) is 36.4 Å². The van der Waals surface area contributed by atoms with Crippen molar-refractivity contribution in [1.29, 1.82) is 0 Å². The molecule has 7 nitrogen and oxygen atoms in total. The molecule has 0 aliphatic carbocycles. The van der Waals surface area contributed by atoms with Crippen molar-refractivity contribution in [1.82, 2.24) is 9.78 Å². The molecule has 1 aromatic heterocycles. The third kappa shape index (κ3) is 3.72. The standard InChI is InChI=1S/C19H18N4O3/c1-23-17(22-18(24)13-6-4-3-5-7-13)16(12-20-23)19(25)21-14-8-10-15(26-2)11-9-14/h3-12H,1-2H3,(H,21,25)(H,22,24). The number of aromatic nitrogens is 2. The van der Waals surface area contributed by atoms with E-state index in [1.807, 2.05) is 6.07 Å². The molecule has 0 bridgehead atoms. The molecular formula is C19H18N4O3. The zero-order chi connectivity index (χ0) is 18.5. The molecular weight excluding hydrogens is 332 g/mol. The van der Waals surface area contributed by atoms with Crippen LogP contribution >= 0.6 is 0 Å². The quantitative estimate of drug-likeness (QED) is 0.741. The summed E-state index contributed by atoms with van der Waals surface area (Å²) in [5, 5.41) is 9.59. The minimum atomic E-state index is -0.369. The van der Waals surface area contributed by atoms with Gasteiger partial charge in [-0.2, -0.15) is 5.10 Å². The molecule has 0 radical (unpaired) electrons. The number of benzene rings is 2. The lowest BCUT2D eigenvalue weighted by Crippen LogP contribution is -2.19. The Labute approximate surface area is 150 Å². The Morgan fingerprint density at radius 1 is 0.962 bits per heavy atom. The van der Waals surface area contributed by atoms with Crippen molar-refractivity contribution in [3.8, 4) is 5.75 Å². The molecule has 0 aliphatic rings. The average molecular weight is 350 g/mol. The highest BCUT2D eigenvalue weighted by Gasteiger charge is 2.19. The van der Waals surface area contributed by atoms with Crippen LogP contribution in [0.5, 0.6) is 5.75 Å². The van der Waals surface area contributed by atoms with E-state index < -0.39 is 0 Å². The molecule has 0 atom stereocenters. The van der Waals surface area contributed by atoms with E-state index >= 15 is 0 Å². The number of aryl methyl sites for hydroxylation is 1. The van der Waals surface area contributed by atoms with E-state index in [2.05, 4.69) is 15.7 Å². The van der Waals surface area contributed by atoms with Crippen molar-refractivity contribution < 1.29 is 14.3 Å². The van der Waals surface area contributed by atoms with Crippen molar-refractivity contribution in [2.75, 3.05) is 17.7 Å². The highest BCUT2D eigenvalue weighted by Crippen LogP contribution is 2.19. The first-order valence-corrected chi connectivity index (χ1v) is 7.92. The molecule has 0 spiro atoms. The molecule has 2 aromatic carbocycles. The van der Waals surface area contributed by atoms with Crippen LogP contribution in [0.2, 0.25) is 0 Å². The van der Waals surface area contributed by atoms with E-state index in [9.17, 15) is 9.59 Å². The van der Waals surface area contributed by atoms with E-state index in [1.165, 1.54) is 10.9 Å². The molecule has 2 N–H and O–H groups in total. The topological polar surface area (TPSA) is 85.2 Å². The number of carbonyl (C=O) groups excluding carboxylic acids is 2. The van der Waals surface area contributed by atoms with Crippen molar-refractivity contribution in [3.05, 3.63) is 71.9 Å². The van der Waals surface area contributed by atoms with Crippen molar-refractivity contribution in [2.45, 2.75) is 0 Å². The Kier molecular flexibility index (Phi) is 4.98. The van der Waals surface area contributed by atoms with Crippen LogP contribution < -0.4 is 15.4 Å². The summed E-state index contributed by atoms with van der Waals surface area (Å²) in [5.74, 6) is 0.337. The molecule has 0 saturated heterocycles. The molecule has 1 heterocycles. The van der Waals surface area contributed by atoms with Gasteiger partial charge in [0, 0.05) is 18.3 Å². The van der Waals surface area contributed by atoms with Gasteiger partial charge in [-0.1, -0.05) is 18.2 Å². The van der Waals surface area contributed by atoms with Gasteiger partial charge in [-0.25, -0.2) is 0 Å². The van der Waals surface area contributed by atoms with Gasteiger partial charge in [0.2, 0.25) is 0 Å². The monoisotopic (exact) mass is 350 g/mol. The van der Waals surface area contributed by atoms with Crippen LogP contribution in [-0.2, 0) is 7.05 Å². The number of nitrogens with zero attached hydrogens (tertiary/aromatic N) is 2. The smallest absolute Gasteiger partial charge is 0.261 e. The maximum atomic E-state index is 12.6. The molecule has 132 valence electrons. The molecule has 26 heavy (non-hydrogen) atoms. The number of rotatable bonds is 5. The molecule has 3 aromatic rings. The molecule has 0 aliphatic heterocycles. The summed E-state index contributed by atoms with van der Waals surface area (Å²) in [7, 11) is 3.23. The lowest BCUT2D eigenvalue weighted by atomic mass is 10.2. The van der Waals surface area contributed by atoms with Gasteiger partial charge in [0.05, 0.1) is 13.3 Å². The van der Waals surface area contributed by atoms with E-state index in [1.54, 1.807) is 62.7 Å². The summed E-state index contributed by atoms with van der Waals surface area (Å²) in [6.07, 6.45) is 1.42. The largest absolute Gasteiger partial charge is 0.497 e. The highest BCUT2D eigenvalue weighted by atomic mass is 16.5. The van der Waals surface area contributed by atoms with Crippen LogP contribution in [0.1, 0.15) is 20.7 Å². The zero-order valence-electron chi connectivity index (χ0n) is 14.4. The van der Waals surface area contributed by atoms with Crippen LogP contribution in [-0.4, -0.2) is 28.7 Å². The fraction of sp³-hybridized carbons (Fsp3) is 0.105. The molecule has 3 rings (SSSR count). The Hall–Kier alpha value is -3.61. The molecule has 0 unspecified atom stereocenters. The van der Waals surface area contributed by atoms with Crippen LogP contribution in [0.25, 0.3) is 0 Å². The fourth-order valence-corrected chi connectivity index (χ4v) is 2.39. The Morgan fingerprint density at radius 2 is 1.65 bits per heavy atom. The lowest BCUT2D eigenvalue weighted by Gasteiger charge is -2.09. The predicted molar refractivity (Wildman–Crippen MR) is 98.6 cm³/mol. The van der Waals surface area contributed by atoms with E-state index in [0.717, 1.165) is 0 Å². The van der Waals surface area contributed by atoms with Crippen LogP contribution in [0.15, 0.2) is 60.8 Å². The first-order valence-electron chi connectivity index (χ1n) is 7.92. The summed E-state index contributed by atoms with van der Waals surface area (Å²) >= 11 is 0. The van der Waals surface area contributed by atoms with Crippen LogP contribution in [0, 0.1) is 0 Å². The number of carbonyl (C=O) groups is 2. The van der Waals surface area contributed by atoms with Crippen molar-refractivity contribution >= 4 is 23.3 Å². The summed E-state index contributed by atoms with van der Waals surface area (Å²) in [4.78, 5) is 24.9. The first-order chi connectivity index (χ1) is 12.6. The molecule has 0 saturated carbocycles. The van der Waals surface area contributed by atoms with Gasteiger partial charge in [0.1, 0.15) is 17.1 Å². The van der Waals surface area contributed by atoms with E-state index in [0.29, 0.717) is 22.8 Å². The van der Waals surface area contributed by atoms with Crippen molar-refractivity contribution in [3.63, 3.8) is 0 Å². The van der Waals surface area contributed by atoms with Crippen molar-refractivity contribution in [2.24, 2.45) is 7.05 Å². The number of methoxy groups -OCH3 is 1. The van der Waals surface area contributed by atoms with Gasteiger partial charge >= 0.3 is 0 Å². The van der Waals surface area contributed by atoms with Gasteiger partial charge < -0.3 is 15.4 Å². The van der Waals surface area contributed by atoms with Crippen LogP contribution in [0.4, 0.5) is 11.5 Å². The first kappa shape index (κ1) is 17.2. The zero-order valence-corrected chi connectivity index (χ0v) is 14.4. The number of hydrogen-bond donors (Lipinski definition) is 2. The second-order valence-electron chi connectivity index (χ2n) is 5.53. The van der Waals surface area contributed by atoms with Gasteiger partial charge in [-0.3, -0.25) is 14.3 Å². The molecule has 2 amide bonds. The summed E-state index contributed by atoms with van der Waals surface area (Å²) in [5.41, 5.74) is 1.38. The third-order valence-corrected chi connectivity index (χ3v) is 3.80. The number of hydrogen-bond acceptors (Lipinski definition) is 4. The molecule has 7 heteroatoms. The van der Waals surface area contributed by atoms with E-state index in [4.69, 9.17) is 4.74 Å². The number of nitrogens with one attached hydrogen (secondary N) is 2. The summed E-state index contributed by atoms with van der Waals surface area (Å²) < 4.78 is 6.54. The molecule has 0 fully saturated rings. The van der Waals surface area contributed by atoms with E-state index in [-0.39, 0.29) is 17.4 Å². The third-order valence-electron chi connectivity index (χ3n) is 3.80. The number of anilines is 2. The maximum absolute atomic E-state index is 12.6. The second-order valence-corrected chi connectivity index (χ2v) is 5.53. The normalized spacial score (nSPS) is 10.2. The van der Waals surface area contributed by atoms with Gasteiger partial charge in [0.25, 0.3) is 11.8 Å². The average Bonchev–Trinajstić information content (AvgIpc) is 3.03. The Balaban J connectivity index is 1.78. The highest BCUT2D eigenvalue weighted by molar-refractivity contribution is 6.11. The number of amides is 2. The number of ether oxygens (including phenoxy) is 1. The Bertz CT molecular complexity index is 918. The Morgan fingerprint density at radius 3 is 2.31 bits per heavy atom. The minimum absolute atomic E-state index is 0.271. The summed E-state index contributed by atoms with van der Waals surface area (Å²) in [6, 6.07) is 15.7. The van der Waals surface area contributed by atoms with Gasteiger partial charge in [-0.15, -0.1) is 0 Å². The van der Waals surface area contributed by atoms with Crippen LogP contribution in [0.3, 0.4) is 0 Å². The predicted octanol–water partition coefficient (Wildman–Crippen LogP) is 2.93. The fourth-order valence-electron chi connectivity index (χ4n) is 2.39. The minimum Gasteiger partial charge on any atom is -0.497 e. The second kappa shape index (κ2) is 7.52.